The Bertz CT molecular complexity index is 869. The SMILES string of the molecule is O=C(NC(CO)c1ccc(F)c(N2CCOCC2)c1)C1CC1c1ccc(F)cc1. The largest absolute Gasteiger partial charge is 0.394 e. The molecule has 1 amide bonds. The van der Waals surface area contributed by atoms with Crippen LogP contribution < -0.4 is 10.2 Å². The number of anilines is 1. The average Bonchev–Trinajstić information content (AvgIpc) is 3.54. The summed E-state index contributed by atoms with van der Waals surface area (Å²) in [5.41, 5.74) is 2.04. The molecule has 2 aromatic rings. The number of morpholine rings is 1. The van der Waals surface area contributed by atoms with Crippen molar-refractivity contribution in [3.05, 3.63) is 65.2 Å². The maximum absolute atomic E-state index is 14.3. The van der Waals surface area contributed by atoms with Crippen LogP contribution in [0.1, 0.15) is 29.5 Å². The molecule has 2 N–H and O–H groups in total. The van der Waals surface area contributed by atoms with Gasteiger partial charge in [-0.2, -0.15) is 0 Å². The van der Waals surface area contributed by atoms with Gasteiger partial charge in [0.25, 0.3) is 0 Å². The highest BCUT2D eigenvalue weighted by Gasteiger charge is 2.44. The van der Waals surface area contributed by atoms with Crippen LogP contribution in [-0.2, 0) is 9.53 Å². The third-order valence-corrected chi connectivity index (χ3v) is 5.65. The highest BCUT2D eigenvalue weighted by Crippen LogP contribution is 2.47. The molecule has 3 atom stereocenters. The topological polar surface area (TPSA) is 61.8 Å². The summed E-state index contributed by atoms with van der Waals surface area (Å²) in [6, 6.07) is 10.2. The lowest BCUT2D eigenvalue weighted by Crippen LogP contribution is -2.37. The van der Waals surface area contributed by atoms with E-state index in [0.29, 0.717) is 44.0 Å². The number of carbonyl (C=O) groups excluding carboxylic acids is 1. The maximum Gasteiger partial charge on any atom is 0.224 e. The fraction of sp³-hybridized carbons (Fsp3) is 0.409. The monoisotopic (exact) mass is 402 g/mol. The standard InChI is InChI=1S/C22H24F2N2O3/c23-16-4-1-14(2-5-16)17-12-18(17)22(28)25-20(13-27)15-3-6-19(24)21(11-15)26-7-9-29-10-8-26/h1-6,11,17-18,20,27H,7-10,12-13H2,(H,25,28). The van der Waals surface area contributed by atoms with Crippen molar-refractivity contribution in [1.29, 1.82) is 0 Å². The van der Waals surface area contributed by atoms with E-state index in [4.69, 9.17) is 4.74 Å². The van der Waals surface area contributed by atoms with Crippen LogP contribution in [-0.4, -0.2) is 43.9 Å². The molecule has 2 fully saturated rings. The smallest absolute Gasteiger partial charge is 0.224 e. The van der Waals surface area contributed by atoms with Crippen LogP contribution in [0.4, 0.5) is 14.5 Å². The van der Waals surface area contributed by atoms with Gasteiger partial charge >= 0.3 is 0 Å². The highest BCUT2D eigenvalue weighted by atomic mass is 19.1. The minimum Gasteiger partial charge on any atom is -0.394 e. The van der Waals surface area contributed by atoms with Gasteiger partial charge in [0.05, 0.1) is 31.5 Å². The fourth-order valence-electron chi connectivity index (χ4n) is 3.87. The molecule has 3 unspecified atom stereocenters. The van der Waals surface area contributed by atoms with Crippen LogP contribution in [0.3, 0.4) is 0 Å². The molecular formula is C22H24F2N2O3. The van der Waals surface area contributed by atoms with Crippen molar-refractivity contribution in [2.24, 2.45) is 5.92 Å². The van der Waals surface area contributed by atoms with Gasteiger partial charge in [-0.25, -0.2) is 8.78 Å². The van der Waals surface area contributed by atoms with Crippen molar-refractivity contribution >= 4 is 11.6 Å². The average molecular weight is 402 g/mol. The number of benzene rings is 2. The highest BCUT2D eigenvalue weighted by molar-refractivity contribution is 5.83. The van der Waals surface area contributed by atoms with E-state index >= 15 is 0 Å². The molecule has 0 aromatic heterocycles. The molecule has 1 aliphatic heterocycles. The summed E-state index contributed by atoms with van der Waals surface area (Å²) in [4.78, 5) is 14.6. The Morgan fingerprint density at radius 2 is 1.90 bits per heavy atom. The maximum atomic E-state index is 14.3. The molecule has 1 aliphatic carbocycles. The van der Waals surface area contributed by atoms with Crippen molar-refractivity contribution in [2.45, 2.75) is 18.4 Å². The molecular weight excluding hydrogens is 378 g/mol. The molecule has 29 heavy (non-hydrogen) atoms. The number of hydrogen-bond donors (Lipinski definition) is 2. The Balaban J connectivity index is 1.44. The van der Waals surface area contributed by atoms with Gasteiger partial charge in [0.15, 0.2) is 0 Å². The number of hydrogen-bond acceptors (Lipinski definition) is 4. The summed E-state index contributed by atoms with van der Waals surface area (Å²) in [6.45, 7) is 1.98. The number of ether oxygens (including phenoxy) is 1. The molecule has 0 bridgehead atoms. The number of amides is 1. The second kappa shape index (κ2) is 8.47. The Morgan fingerprint density at radius 3 is 2.59 bits per heavy atom. The second-order valence-corrected chi connectivity index (χ2v) is 7.55. The summed E-state index contributed by atoms with van der Waals surface area (Å²) in [5, 5.41) is 12.7. The van der Waals surface area contributed by atoms with Gasteiger partial charge in [0.2, 0.25) is 5.91 Å². The van der Waals surface area contributed by atoms with E-state index < -0.39 is 6.04 Å². The van der Waals surface area contributed by atoms with Crippen LogP contribution in [0.5, 0.6) is 0 Å². The molecule has 5 nitrogen and oxygen atoms in total. The van der Waals surface area contributed by atoms with Gasteiger partial charge < -0.3 is 20.1 Å². The first-order chi connectivity index (χ1) is 14.1. The molecule has 1 saturated heterocycles. The molecule has 0 radical (unpaired) electrons. The first-order valence-electron chi connectivity index (χ1n) is 9.85. The van der Waals surface area contributed by atoms with Gasteiger partial charge in [-0.3, -0.25) is 4.79 Å². The number of carbonyl (C=O) groups is 1. The van der Waals surface area contributed by atoms with Gasteiger partial charge in [-0.05, 0) is 47.7 Å². The first-order valence-corrected chi connectivity index (χ1v) is 9.85. The molecule has 4 rings (SSSR count). The normalized spacial score (nSPS) is 22.2. The van der Waals surface area contributed by atoms with E-state index in [0.717, 1.165) is 5.56 Å². The van der Waals surface area contributed by atoms with E-state index in [1.165, 1.54) is 18.2 Å². The van der Waals surface area contributed by atoms with Crippen LogP contribution in [0.2, 0.25) is 0 Å². The lowest BCUT2D eigenvalue weighted by atomic mass is 10.0. The lowest BCUT2D eigenvalue weighted by Gasteiger charge is -2.30. The van der Waals surface area contributed by atoms with Crippen molar-refractivity contribution < 1.29 is 23.4 Å². The van der Waals surface area contributed by atoms with Crippen LogP contribution >= 0.6 is 0 Å². The zero-order valence-corrected chi connectivity index (χ0v) is 16.0. The second-order valence-electron chi connectivity index (χ2n) is 7.55. The molecule has 154 valence electrons. The Labute approximate surface area is 168 Å². The Morgan fingerprint density at radius 1 is 1.17 bits per heavy atom. The van der Waals surface area contributed by atoms with Crippen LogP contribution in [0, 0.1) is 17.6 Å². The van der Waals surface area contributed by atoms with Crippen LogP contribution in [0.15, 0.2) is 42.5 Å². The van der Waals surface area contributed by atoms with E-state index in [1.807, 2.05) is 4.90 Å². The van der Waals surface area contributed by atoms with Crippen molar-refractivity contribution in [2.75, 3.05) is 37.8 Å². The van der Waals surface area contributed by atoms with E-state index in [1.54, 1.807) is 24.3 Å². The fourth-order valence-corrected chi connectivity index (χ4v) is 3.87. The Kier molecular flexibility index (Phi) is 5.78. The van der Waals surface area contributed by atoms with E-state index in [9.17, 15) is 18.7 Å². The Hall–Kier alpha value is -2.51. The quantitative estimate of drug-likeness (QED) is 0.780. The van der Waals surface area contributed by atoms with Gasteiger partial charge in [0.1, 0.15) is 11.6 Å². The number of nitrogens with one attached hydrogen (secondary N) is 1. The van der Waals surface area contributed by atoms with Gasteiger partial charge in [-0.15, -0.1) is 0 Å². The molecule has 1 saturated carbocycles. The minimum atomic E-state index is -0.614. The van der Waals surface area contributed by atoms with Gasteiger partial charge in [0, 0.05) is 19.0 Å². The summed E-state index contributed by atoms with van der Waals surface area (Å²) in [6.07, 6.45) is 0.693. The number of aliphatic hydroxyl groups is 1. The summed E-state index contributed by atoms with van der Waals surface area (Å²) in [7, 11) is 0. The molecule has 2 aliphatic rings. The number of halogens is 2. The van der Waals surface area contributed by atoms with Crippen molar-refractivity contribution in [3.63, 3.8) is 0 Å². The lowest BCUT2D eigenvalue weighted by molar-refractivity contribution is -0.123. The van der Waals surface area contributed by atoms with Crippen molar-refractivity contribution in [3.8, 4) is 0 Å². The molecule has 1 heterocycles. The van der Waals surface area contributed by atoms with E-state index in [2.05, 4.69) is 5.32 Å². The minimum absolute atomic E-state index is 0.0621. The molecule has 0 spiro atoms. The number of rotatable bonds is 6. The van der Waals surface area contributed by atoms with Crippen molar-refractivity contribution in [1.82, 2.24) is 5.32 Å². The third kappa shape index (κ3) is 4.41. The summed E-state index contributed by atoms with van der Waals surface area (Å²) in [5.74, 6) is -0.934. The number of aliphatic hydroxyl groups excluding tert-OH is 1. The third-order valence-electron chi connectivity index (χ3n) is 5.65. The predicted molar refractivity (Wildman–Crippen MR) is 105 cm³/mol. The van der Waals surface area contributed by atoms with Gasteiger partial charge in [-0.1, -0.05) is 18.2 Å². The predicted octanol–water partition coefficient (Wildman–Crippen LogP) is 2.75. The van der Waals surface area contributed by atoms with E-state index in [-0.39, 0.29) is 36.0 Å². The first kappa shape index (κ1) is 19.8. The molecule has 2 aromatic carbocycles. The zero-order valence-electron chi connectivity index (χ0n) is 16.0. The zero-order chi connectivity index (χ0) is 20.4. The summed E-state index contributed by atoms with van der Waals surface area (Å²) < 4.78 is 32.7. The number of nitrogens with zero attached hydrogens (tertiary/aromatic N) is 1. The van der Waals surface area contributed by atoms with Crippen LogP contribution in [0.25, 0.3) is 0 Å². The summed E-state index contributed by atoms with van der Waals surface area (Å²) >= 11 is 0. The molecule has 7 heteroatoms.